The number of phenolic OH excluding ortho intramolecular Hbond substituents is 1. The number of benzene rings is 2. The molecule has 0 saturated carbocycles. The molecule has 0 spiro atoms. The summed E-state index contributed by atoms with van der Waals surface area (Å²) in [6, 6.07) is 24.1. The fourth-order valence-electron chi connectivity index (χ4n) is 2.59. The molecule has 0 aromatic heterocycles. The molecule has 0 fully saturated rings. The Morgan fingerprint density at radius 1 is 0.897 bits per heavy atom. The Morgan fingerprint density at radius 2 is 1.38 bits per heavy atom. The van der Waals surface area contributed by atoms with Crippen molar-refractivity contribution in [2.45, 2.75) is 47.0 Å². The SMILES string of the molecule is C[C](C)=[Ti+2].Cc1cc(O)c(-c2ccccc2)c(C(C)(C)C)c1.[Cl-].[Cl-].c1cc[cH-]c1. The minimum absolute atomic E-state index is 0. The maximum Gasteiger partial charge on any atom is 0.123 e. The monoisotopic (exact) mass is 465 g/mol. The van der Waals surface area contributed by atoms with E-state index in [1.165, 1.54) is 9.37 Å². The Morgan fingerprint density at radius 3 is 1.76 bits per heavy atom. The van der Waals surface area contributed by atoms with Crippen LogP contribution in [0.25, 0.3) is 11.1 Å². The normalized spacial score (nSPS) is 9.52. The van der Waals surface area contributed by atoms with Crippen LogP contribution in [0.5, 0.6) is 5.75 Å². The van der Waals surface area contributed by atoms with Crippen LogP contribution in [-0.2, 0) is 25.4 Å². The van der Waals surface area contributed by atoms with Crippen LogP contribution in [0.1, 0.15) is 45.7 Å². The minimum Gasteiger partial charge on any atom is -1.00 e. The Hall–Kier alpha value is -1.25. The van der Waals surface area contributed by atoms with Crippen LogP contribution in [0, 0.1) is 6.92 Å². The molecule has 156 valence electrons. The van der Waals surface area contributed by atoms with Gasteiger partial charge in [-0.3, -0.25) is 0 Å². The van der Waals surface area contributed by atoms with Gasteiger partial charge in [0.2, 0.25) is 0 Å². The van der Waals surface area contributed by atoms with Crippen molar-refractivity contribution >= 4 is 3.81 Å². The molecular formula is C25H31Cl2OTi-. The maximum absolute atomic E-state index is 10.3. The van der Waals surface area contributed by atoms with Crippen molar-refractivity contribution in [1.82, 2.24) is 0 Å². The zero-order chi connectivity index (χ0) is 20.4. The van der Waals surface area contributed by atoms with Crippen LogP contribution in [-0.4, -0.2) is 8.92 Å². The summed E-state index contributed by atoms with van der Waals surface area (Å²) in [5.41, 5.74) is 4.31. The Labute approximate surface area is 200 Å². The average molecular weight is 466 g/mol. The summed E-state index contributed by atoms with van der Waals surface area (Å²) in [6.45, 7) is 12.7. The molecule has 4 heteroatoms. The van der Waals surface area contributed by atoms with E-state index in [4.69, 9.17) is 0 Å². The quantitative estimate of drug-likeness (QED) is 0.416. The minimum atomic E-state index is 0. The van der Waals surface area contributed by atoms with Crippen LogP contribution in [0.4, 0.5) is 0 Å². The van der Waals surface area contributed by atoms with E-state index in [1.807, 2.05) is 73.7 Å². The van der Waals surface area contributed by atoms with Crippen molar-refractivity contribution in [3.05, 3.63) is 83.9 Å². The van der Waals surface area contributed by atoms with E-state index in [0.29, 0.717) is 5.75 Å². The summed E-state index contributed by atoms with van der Waals surface area (Å²) < 4.78 is 1.42. The van der Waals surface area contributed by atoms with Crippen LogP contribution in [0.2, 0.25) is 0 Å². The maximum atomic E-state index is 10.3. The van der Waals surface area contributed by atoms with Crippen molar-refractivity contribution in [1.29, 1.82) is 0 Å². The molecular weight excluding hydrogens is 435 g/mol. The molecule has 0 saturated heterocycles. The molecule has 29 heavy (non-hydrogen) atoms. The van der Waals surface area contributed by atoms with Crippen molar-refractivity contribution in [3.63, 3.8) is 0 Å². The first-order chi connectivity index (χ1) is 12.6. The van der Waals surface area contributed by atoms with Crippen LogP contribution < -0.4 is 24.8 Å². The molecule has 0 aliphatic carbocycles. The average Bonchev–Trinajstić information content (AvgIpc) is 3.13. The molecule has 3 rings (SSSR count). The van der Waals surface area contributed by atoms with Gasteiger partial charge >= 0.3 is 37.6 Å². The summed E-state index contributed by atoms with van der Waals surface area (Å²) in [4.78, 5) is 0. The fourth-order valence-corrected chi connectivity index (χ4v) is 2.59. The standard InChI is InChI=1S/C17H20O.C5H5.C3H6.2ClH.Ti/c1-12-10-14(17(2,3)4)16(15(18)11-12)13-8-6-5-7-9-13;1-2-4-5-3-1;1-3-2;;;/h5-11,18H,1-4H3;1-5H;1-2H3;2*1H;/q;-1;;;;+2/p-2. The van der Waals surface area contributed by atoms with Gasteiger partial charge in [-0.15, -0.1) is 0 Å². The predicted molar refractivity (Wildman–Crippen MR) is 115 cm³/mol. The molecule has 0 aliphatic heterocycles. The van der Waals surface area contributed by atoms with E-state index in [-0.39, 0.29) is 30.2 Å². The number of hydrogen-bond acceptors (Lipinski definition) is 1. The predicted octanol–water partition coefficient (Wildman–Crippen LogP) is 0.824. The number of aromatic hydroxyl groups is 1. The van der Waals surface area contributed by atoms with Gasteiger partial charge in [0.1, 0.15) is 5.75 Å². The number of phenols is 1. The number of rotatable bonds is 1. The molecule has 0 atom stereocenters. The van der Waals surface area contributed by atoms with Gasteiger partial charge < -0.3 is 29.9 Å². The van der Waals surface area contributed by atoms with Gasteiger partial charge in [0.15, 0.2) is 0 Å². The van der Waals surface area contributed by atoms with E-state index in [2.05, 4.69) is 60.7 Å². The van der Waals surface area contributed by atoms with Gasteiger partial charge in [-0.05, 0) is 35.1 Å². The molecule has 1 N–H and O–H groups in total. The van der Waals surface area contributed by atoms with Gasteiger partial charge in [0, 0.05) is 5.56 Å². The molecule has 3 aromatic rings. The van der Waals surface area contributed by atoms with Gasteiger partial charge in [-0.2, -0.15) is 18.2 Å². The second-order valence-corrected chi connectivity index (χ2v) is 9.35. The summed E-state index contributed by atoms with van der Waals surface area (Å²) in [5, 5.41) is 10.3. The van der Waals surface area contributed by atoms with Crippen molar-refractivity contribution in [2.75, 3.05) is 0 Å². The largest absolute Gasteiger partial charge is 1.00 e. The third kappa shape index (κ3) is 11.5. The van der Waals surface area contributed by atoms with Gasteiger partial charge in [0.25, 0.3) is 0 Å². The Balaban J connectivity index is 0. The van der Waals surface area contributed by atoms with Crippen LogP contribution in [0.15, 0.2) is 72.8 Å². The molecule has 1 nitrogen and oxygen atoms in total. The zero-order valence-corrected chi connectivity index (χ0v) is 21.2. The number of aryl methyl sites for hydroxylation is 1. The van der Waals surface area contributed by atoms with Crippen molar-refractivity contribution in [2.24, 2.45) is 0 Å². The third-order valence-corrected chi connectivity index (χ3v) is 3.69. The number of hydrogen-bond donors (Lipinski definition) is 1. The Kier molecular flexibility index (Phi) is 15.2. The summed E-state index contributed by atoms with van der Waals surface area (Å²) >= 11 is 2.08. The summed E-state index contributed by atoms with van der Waals surface area (Å²) in [5.74, 6) is 0.367. The van der Waals surface area contributed by atoms with Gasteiger partial charge in [0.05, 0.1) is 0 Å². The molecule has 0 unspecified atom stereocenters. The summed E-state index contributed by atoms with van der Waals surface area (Å²) in [6.07, 6.45) is 0. The fraction of sp³-hybridized carbons (Fsp3) is 0.280. The van der Waals surface area contributed by atoms with E-state index < -0.39 is 0 Å². The second kappa shape index (κ2) is 14.7. The molecule has 0 heterocycles. The van der Waals surface area contributed by atoms with E-state index >= 15 is 0 Å². The zero-order valence-electron chi connectivity index (χ0n) is 18.1. The van der Waals surface area contributed by atoms with E-state index in [1.54, 1.807) is 0 Å². The molecule has 0 bridgehead atoms. The second-order valence-electron chi connectivity index (χ2n) is 7.78. The van der Waals surface area contributed by atoms with E-state index in [0.717, 1.165) is 16.7 Å². The van der Waals surface area contributed by atoms with Crippen molar-refractivity contribution < 1.29 is 49.9 Å². The first kappa shape index (κ1) is 30.0. The first-order valence-corrected chi connectivity index (χ1v) is 9.99. The topological polar surface area (TPSA) is 20.2 Å². The molecule has 0 aliphatic rings. The van der Waals surface area contributed by atoms with Gasteiger partial charge in [-0.1, -0.05) is 57.2 Å². The van der Waals surface area contributed by atoms with Crippen LogP contribution in [0.3, 0.4) is 0 Å². The van der Waals surface area contributed by atoms with E-state index in [9.17, 15) is 5.11 Å². The molecule has 3 aromatic carbocycles. The van der Waals surface area contributed by atoms with Crippen molar-refractivity contribution in [3.8, 4) is 16.9 Å². The molecule has 0 radical (unpaired) electrons. The molecule has 0 amide bonds. The third-order valence-electron chi connectivity index (χ3n) is 3.69. The summed E-state index contributed by atoms with van der Waals surface area (Å²) in [7, 11) is 0. The van der Waals surface area contributed by atoms with Crippen LogP contribution >= 0.6 is 0 Å². The number of halogens is 2. The Bertz CT molecular complexity index is 799. The van der Waals surface area contributed by atoms with Gasteiger partial charge in [-0.25, -0.2) is 12.1 Å². The first-order valence-electron chi connectivity index (χ1n) is 9.21. The smallest absolute Gasteiger partial charge is 0.123 e.